The van der Waals surface area contributed by atoms with Crippen molar-refractivity contribution in [1.29, 1.82) is 0 Å². The molecular formula is C20H26N4O4. The normalized spacial score (nSPS) is 26.2. The third-order valence-electron chi connectivity index (χ3n) is 5.84. The first-order valence-electron chi connectivity index (χ1n) is 9.68. The molecule has 0 radical (unpaired) electrons. The minimum Gasteiger partial charge on any atom is -0.376 e. The second-order valence-corrected chi connectivity index (χ2v) is 8.43. The number of rotatable bonds is 3. The Labute approximate surface area is 164 Å². The molecule has 3 fully saturated rings. The van der Waals surface area contributed by atoms with Gasteiger partial charge in [-0.3, -0.25) is 4.79 Å². The molecule has 2 N–H and O–H groups in total. The Morgan fingerprint density at radius 3 is 2.71 bits per heavy atom. The summed E-state index contributed by atoms with van der Waals surface area (Å²) in [6, 6.07) is 4.65. The first-order valence-corrected chi connectivity index (χ1v) is 9.68. The molecule has 8 nitrogen and oxygen atoms in total. The maximum absolute atomic E-state index is 12.9. The smallest absolute Gasteiger partial charge is 0.329 e. The van der Waals surface area contributed by atoms with E-state index in [0.29, 0.717) is 17.9 Å². The van der Waals surface area contributed by atoms with E-state index in [1.165, 1.54) is 0 Å². The van der Waals surface area contributed by atoms with Crippen molar-refractivity contribution in [1.82, 2.24) is 10.2 Å². The highest BCUT2D eigenvalue weighted by Gasteiger charge is 2.53. The molecule has 0 aliphatic carbocycles. The maximum Gasteiger partial charge on any atom is 0.329 e. The van der Waals surface area contributed by atoms with Crippen molar-refractivity contribution in [2.45, 2.75) is 45.8 Å². The summed E-state index contributed by atoms with van der Waals surface area (Å²) in [5.41, 5.74) is 1.84. The zero-order valence-corrected chi connectivity index (χ0v) is 16.4. The topological polar surface area (TPSA) is 91.0 Å². The molecule has 0 bridgehead atoms. The van der Waals surface area contributed by atoms with Crippen molar-refractivity contribution in [2.24, 2.45) is 5.41 Å². The van der Waals surface area contributed by atoms with Crippen molar-refractivity contribution in [3.63, 3.8) is 0 Å². The number of imide groups is 1. The van der Waals surface area contributed by atoms with Crippen LogP contribution in [0.4, 0.5) is 21.0 Å². The third-order valence-corrected chi connectivity index (χ3v) is 5.84. The van der Waals surface area contributed by atoms with Crippen LogP contribution in [0.2, 0.25) is 0 Å². The largest absolute Gasteiger partial charge is 0.376 e. The highest BCUT2D eigenvalue weighted by Crippen LogP contribution is 2.42. The number of ether oxygens (including phenoxy) is 1. The number of urea groups is 2. The van der Waals surface area contributed by atoms with Gasteiger partial charge in [-0.25, -0.2) is 14.5 Å². The van der Waals surface area contributed by atoms with E-state index in [2.05, 4.69) is 24.5 Å². The SMILES string of the molecule is Cc1ccc(NC(=O)N2CC(C)(C)C2C2CCCO2)cc1N1C(=O)CNC1=O. The Balaban J connectivity index is 1.51. The van der Waals surface area contributed by atoms with E-state index in [1.807, 2.05) is 11.8 Å². The van der Waals surface area contributed by atoms with Crippen LogP contribution in [0.15, 0.2) is 18.2 Å². The van der Waals surface area contributed by atoms with E-state index in [-0.39, 0.29) is 36.0 Å². The summed E-state index contributed by atoms with van der Waals surface area (Å²) in [5.74, 6) is -0.306. The Hall–Kier alpha value is -2.61. The van der Waals surface area contributed by atoms with Gasteiger partial charge in [-0.05, 0) is 37.5 Å². The van der Waals surface area contributed by atoms with Crippen LogP contribution >= 0.6 is 0 Å². The van der Waals surface area contributed by atoms with Gasteiger partial charge in [0.1, 0.15) is 0 Å². The van der Waals surface area contributed by atoms with Crippen LogP contribution in [0.3, 0.4) is 0 Å². The lowest BCUT2D eigenvalue weighted by atomic mass is 9.72. The quantitative estimate of drug-likeness (QED) is 0.781. The van der Waals surface area contributed by atoms with Crippen LogP contribution in [0.1, 0.15) is 32.3 Å². The number of hydrogen-bond donors (Lipinski definition) is 2. The molecule has 2 unspecified atom stereocenters. The van der Waals surface area contributed by atoms with Crippen molar-refractivity contribution in [3.05, 3.63) is 23.8 Å². The summed E-state index contributed by atoms with van der Waals surface area (Å²) < 4.78 is 5.84. The lowest BCUT2D eigenvalue weighted by molar-refractivity contribution is -0.115. The van der Waals surface area contributed by atoms with Gasteiger partial charge in [-0.1, -0.05) is 19.9 Å². The van der Waals surface area contributed by atoms with Crippen LogP contribution < -0.4 is 15.5 Å². The summed E-state index contributed by atoms with van der Waals surface area (Å²) in [4.78, 5) is 39.8. The number of hydrogen-bond acceptors (Lipinski definition) is 4. The number of aryl methyl sites for hydroxylation is 1. The predicted molar refractivity (Wildman–Crippen MR) is 104 cm³/mol. The van der Waals surface area contributed by atoms with E-state index in [0.717, 1.165) is 29.9 Å². The van der Waals surface area contributed by atoms with E-state index in [4.69, 9.17) is 4.74 Å². The average Bonchev–Trinajstić information content (AvgIpc) is 3.25. The van der Waals surface area contributed by atoms with Crippen molar-refractivity contribution < 1.29 is 19.1 Å². The van der Waals surface area contributed by atoms with Gasteiger partial charge in [0.05, 0.1) is 24.4 Å². The molecule has 1 aromatic rings. The predicted octanol–water partition coefficient (Wildman–Crippen LogP) is 2.47. The number of nitrogens with zero attached hydrogens (tertiary/aromatic N) is 2. The number of nitrogens with one attached hydrogen (secondary N) is 2. The molecule has 5 amide bonds. The first kappa shape index (κ1) is 18.7. The van der Waals surface area contributed by atoms with Crippen LogP contribution in [-0.4, -0.2) is 54.7 Å². The fourth-order valence-corrected chi connectivity index (χ4v) is 4.48. The van der Waals surface area contributed by atoms with E-state index < -0.39 is 6.03 Å². The molecule has 3 saturated heterocycles. The van der Waals surface area contributed by atoms with Gasteiger partial charge < -0.3 is 20.3 Å². The van der Waals surface area contributed by atoms with Crippen molar-refractivity contribution in [2.75, 3.05) is 29.9 Å². The highest BCUT2D eigenvalue weighted by molar-refractivity contribution is 6.20. The molecule has 3 aliphatic heterocycles. The number of likely N-dealkylation sites (tertiary alicyclic amines) is 1. The van der Waals surface area contributed by atoms with E-state index in [1.54, 1.807) is 18.2 Å². The zero-order chi connectivity index (χ0) is 20.1. The summed E-state index contributed by atoms with van der Waals surface area (Å²) in [6.45, 7) is 7.54. The number of carbonyl (C=O) groups is 3. The Kier molecular flexibility index (Phi) is 4.53. The fraction of sp³-hybridized carbons (Fsp3) is 0.550. The molecular weight excluding hydrogens is 360 g/mol. The molecule has 3 heterocycles. The van der Waals surface area contributed by atoms with Gasteiger partial charge in [0.15, 0.2) is 0 Å². The van der Waals surface area contributed by atoms with Gasteiger partial charge in [-0.2, -0.15) is 0 Å². The molecule has 4 rings (SSSR count). The second kappa shape index (κ2) is 6.77. The summed E-state index contributed by atoms with van der Waals surface area (Å²) in [7, 11) is 0. The molecule has 0 aromatic heterocycles. The fourth-order valence-electron chi connectivity index (χ4n) is 4.48. The standard InChI is InChI=1S/C20H26N4O4/c1-12-6-7-13(9-14(12)24-16(25)10-21-18(24)26)22-19(27)23-11-20(2,3)17(23)15-5-4-8-28-15/h6-7,9,15,17H,4-5,8,10-11H2,1-3H3,(H,21,26)(H,22,27). The molecule has 8 heteroatoms. The van der Waals surface area contributed by atoms with E-state index in [9.17, 15) is 14.4 Å². The molecule has 3 aliphatic rings. The van der Waals surface area contributed by atoms with Gasteiger partial charge in [0.25, 0.3) is 5.91 Å². The Morgan fingerprint density at radius 2 is 2.11 bits per heavy atom. The molecule has 2 atom stereocenters. The lowest BCUT2D eigenvalue weighted by Gasteiger charge is -2.56. The third kappa shape index (κ3) is 3.11. The van der Waals surface area contributed by atoms with Crippen LogP contribution in [0, 0.1) is 12.3 Å². The minimum absolute atomic E-state index is 0.0131. The van der Waals surface area contributed by atoms with Gasteiger partial charge in [0, 0.05) is 24.3 Å². The molecule has 0 spiro atoms. The van der Waals surface area contributed by atoms with E-state index >= 15 is 0 Å². The van der Waals surface area contributed by atoms with Gasteiger partial charge in [0.2, 0.25) is 0 Å². The molecule has 150 valence electrons. The molecule has 28 heavy (non-hydrogen) atoms. The Bertz CT molecular complexity index is 815. The van der Waals surface area contributed by atoms with Crippen LogP contribution in [-0.2, 0) is 9.53 Å². The number of carbonyl (C=O) groups excluding carboxylic acids is 3. The monoisotopic (exact) mass is 386 g/mol. The van der Waals surface area contributed by atoms with Crippen LogP contribution in [0.5, 0.6) is 0 Å². The summed E-state index contributed by atoms with van der Waals surface area (Å²) in [6.07, 6.45) is 2.08. The summed E-state index contributed by atoms with van der Waals surface area (Å²) >= 11 is 0. The van der Waals surface area contributed by atoms with Crippen molar-refractivity contribution >= 4 is 29.3 Å². The molecule has 0 saturated carbocycles. The number of benzene rings is 1. The minimum atomic E-state index is -0.445. The highest BCUT2D eigenvalue weighted by atomic mass is 16.5. The maximum atomic E-state index is 12.9. The number of amides is 5. The van der Waals surface area contributed by atoms with Crippen molar-refractivity contribution in [3.8, 4) is 0 Å². The molecule has 1 aromatic carbocycles. The number of anilines is 2. The Morgan fingerprint density at radius 1 is 1.32 bits per heavy atom. The first-order chi connectivity index (χ1) is 13.3. The van der Waals surface area contributed by atoms with Gasteiger partial charge in [-0.15, -0.1) is 0 Å². The summed E-state index contributed by atoms with van der Waals surface area (Å²) in [5, 5.41) is 5.43. The second-order valence-electron chi connectivity index (χ2n) is 8.43. The average molecular weight is 386 g/mol. The van der Waals surface area contributed by atoms with Crippen LogP contribution in [0.25, 0.3) is 0 Å². The lowest BCUT2D eigenvalue weighted by Crippen LogP contribution is -2.68. The zero-order valence-electron chi connectivity index (χ0n) is 16.4. The van der Waals surface area contributed by atoms with Gasteiger partial charge >= 0.3 is 12.1 Å².